The molecule has 312 valence electrons. The number of benzene rings is 2. The second-order valence-electron chi connectivity index (χ2n) is 15.3. The molecule has 2 amide bonds. The standard InChI is InChI=1S/C45H64N4O8/c1-4-28-46-44(53)33-37(40-18-10-11-19-41(40)49(55)56)32-38(50)17-8-6-7-9-20-42(51)34(15-12-13-29-47-45(54)36-26-30-48(3)31-27-36)16-14-21-43(52)35-22-24-39(25-23-35)57-5-2/h4,10-11,18-19,22-25,34,36-37H,1,5-9,12-17,20-21,26-33H2,2-3H3,(H,46,53)(H,47,54). The molecular weight excluding hydrogens is 725 g/mol. The van der Waals surface area contributed by atoms with Gasteiger partial charge in [-0.25, -0.2) is 0 Å². The second kappa shape index (κ2) is 26.3. The van der Waals surface area contributed by atoms with E-state index in [4.69, 9.17) is 4.74 Å². The van der Waals surface area contributed by atoms with Gasteiger partial charge in [0.25, 0.3) is 5.69 Å². The fraction of sp³-hybridized carbons (Fsp3) is 0.578. The number of piperidine rings is 1. The number of nitro benzene ring substituents is 1. The van der Waals surface area contributed by atoms with E-state index in [9.17, 15) is 34.1 Å². The Balaban J connectivity index is 1.46. The van der Waals surface area contributed by atoms with Crippen molar-refractivity contribution in [1.29, 1.82) is 0 Å². The molecule has 2 aromatic rings. The topological polar surface area (TPSA) is 165 Å². The maximum Gasteiger partial charge on any atom is 0.272 e. The first-order valence-corrected chi connectivity index (χ1v) is 20.9. The molecule has 2 unspecified atom stereocenters. The molecule has 0 radical (unpaired) electrons. The van der Waals surface area contributed by atoms with Crippen LogP contribution < -0.4 is 15.4 Å². The van der Waals surface area contributed by atoms with Crippen molar-refractivity contribution in [2.24, 2.45) is 11.8 Å². The first-order valence-electron chi connectivity index (χ1n) is 20.9. The number of ketones is 3. The predicted molar refractivity (Wildman–Crippen MR) is 222 cm³/mol. The fourth-order valence-electron chi connectivity index (χ4n) is 7.49. The molecule has 12 nitrogen and oxygen atoms in total. The molecule has 2 aromatic carbocycles. The molecule has 0 aromatic heterocycles. The van der Waals surface area contributed by atoms with Gasteiger partial charge >= 0.3 is 0 Å². The first-order chi connectivity index (χ1) is 27.5. The van der Waals surface area contributed by atoms with Gasteiger partial charge in [0.15, 0.2) is 5.78 Å². The minimum atomic E-state index is -0.620. The van der Waals surface area contributed by atoms with E-state index < -0.39 is 10.8 Å². The molecule has 2 atom stereocenters. The molecule has 1 fully saturated rings. The van der Waals surface area contributed by atoms with Crippen LogP contribution in [0.1, 0.15) is 131 Å². The van der Waals surface area contributed by atoms with Crippen LogP contribution in [-0.2, 0) is 19.2 Å². The summed E-state index contributed by atoms with van der Waals surface area (Å²) in [7, 11) is 2.07. The predicted octanol–water partition coefficient (Wildman–Crippen LogP) is 7.94. The number of carbonyl (C=O) groups is 5. The average molecular weight is 789 g/mol. The largest absolute Gasteiger partial charge is 0.494 e. The average Bonchev–Trinajstić information content (AvgIpc) is 3.20. The summed E-state index contributed by atoms with van der Waals surface area (Å²) >= 11 is 0. The monoisotopic (exact) mass is 788 g/mol. The zero-order valence-electron chi connectivity index (χ0n) is 34.1. The van der Waals surface area contributed by atoms with E-state index in [1.54, 1.807) is 48.5 Å². The first kappa shape index (κ1) is 46.7. The highest BCUT2D eigenvalue weighted by Gasteiger charge is 2.27. The van der Waals surface area contributed by atoms with Crippen LogP contribution >= 0.6 is 0 Å². The minimum absolute atomic E-state index is 0.0233. The third-order valence-corrected chi connectivity index (χ3v) is 10.8. The summed E-state index contributed by atoms with van der Waals surface area (Å²) in [6.07, 6.45) is 10.8. The lowest BCUT2D eigenvalue weighted by atomic mass is 9.87. The van der Waals surface area contributed by atoms with E-state index in [1.165, 1.54) is 6.07 Å². The number of para-hydroxylation sites is 1. The number of nitrogens with zero attached hydrogens (tertiary/aromatic N) is 2. The van der Waals surface area contributed by atoms with E-state index in [2.05, 4.69) is 29.2 Å². The Labute approximate surface area is 338 Å². The number of hydrogen-bond acceptors (Lipinski definition) is 9. The molecule has 1 aliphatic heterocycles. The highest BCUT2D eigenvalue weighted by atomic mass is 16.6. The molecular formula is C45H64N4O8. The number of carbonyl (C=O) groups excluding carboxylic acids is 5. The maximum atomic E-state index is 13.5. The molecule has 2 N–H and O–H groups in total. The summed E-state index contributed by atoms with van der Waals surface area (Å²) in [6.45, 7) is 8.78. The van der Waals surface area contributed by atoms with E-state index in [0.29, 0.717) is 75.6 Å². The molecule has 0 saturated carbocycles. The van der Waals surface area contributed by atoms with Gasteiger partial charge in [0.05, 0.1) is 11.5 Å². The Morgan fingerprint density at radius 2 is 1.56 bits per heavy atom. The Morgan fingerprint density at radius 3 is 2.25 bits per heavy atom. The van der Waals surface area contributed by atoms with Crippen molar-refractivity contribution < 1.29 is 33.6 Å². The summed E-state index contributed by atoms with van der Waals surface area (Å²) in [5.41, 5.74) is 0.894. The van der Waals surface area contributed by atoms with Gasteiger partial charge < -0.3 is 20.3 Å². The number of nitro groups is 1. The van der Waals surface area contributed by atoms with E-state index in [-0.39, 0.29) is 66.1 Å². The lowest BCUT2D eigenvalue weighted by Crippen LogP contribution is -2.39. The molecule has 3 rings (SSSR count). The zero-order chi connectivity index (χ0) is 41.4. The Hall–Kier alpha value is -4.71. The number of rotatable bonds is 29. The Kier molecular flexibility index (Phi) is 21.5. The van der Waals surface area contributed by atoms with Crippen LogP contribution in [0, 0.1) is 22.0 Å². The fourth-order valence-corrected chi connectivity index (χ4v) is 7.49. The van der Waals surface area contributed by atoms with Crippen molar-refractivity contribution in [1.82, 2.24) is 15.5 Å². The van der Waals surface area contributed by atoms with Crippen LogP contribution in [0.2, 0.25) is 0 Å². The molecule has 12 heteroatoms. The van der Waals surface area contributed by atoms with Crippen LogP contribution in [0.5, 0.6) is 5.75 Å². The normalized spacial score (nSPS) is 14.3. The molecule has 1 heterocycles. The number of Topliss-reactive ketones (excluding diaryl/α,β-unsaturated/α-hetero) is 3. The summed E-state index contributed by atoms with van der Waals surface area (Å²) in [5.74, 6) is -0.00112. The van der Waals surface area contributed by atoms with Crippen molar-refractivity contribution in [3.8, 4) is 5.75 Å². The van der Waals surface area contributed by atoms with Gasteiger partial charge in [-0.2, -0.15) is 0 Å². The third kappa shape index (κ3) is 17.5. The van der Waals surface area contributed by atoms with Gasteiger partial charge in [0, 0.05) is 80.1 Å². The number of hydrogen-bond donors (Lipinski definition) is 2. The molecule has 1 aliphatic rings. The van der Waals surface area contributed by atoms with Gasteiger partial charge in [0.2, 0.25) is 11.8 Å². The summed E-state index contributed by atoms with van der Waals surface area (Å²) < 4.78 is 5.48. The van der Waals surface area contributed by atoms with Gasteiger partial charge in [-0.3, -0.25) is 34.1 Å². The molecule has 1 saturated heterocycles. The van der Waals surface area contributed by atoms with Crippen molar-refractivity contribution >= 4 is 34.9 Å². The number of nitrogens with one attached hydrogen (secondary N) is 2. The quantitative estimate of drug-likeness (QED) is 0.0274. The number of ether oxygens (including phenoxy) is 1. The van der Waals surface area contributed by atoms with Gasteiger partial charge in [-0.1, -0.05) is 43.5 Å². The molecule has 57 heavy (non-hydrogen) atoms. The number of unbranched alkanes of at least 4 members (excludes halogenated alkanes) is 4. The van der Waals surface area contributed by atoms with E-state index in [0.717, 1.165) is 57.4 Å². The number of amides is 2. The molecule has 0 spiro atoms. The van der Waals surface area contributed by atoms with Crippen molar-refractivity contribution in [3.63, 3.8) is 0 Å². The maximum absolute atomic E-state index is 13.5. The summed E-state index contributed by atoms with van der Waals surface area (Å²) in [5, 5.41) is 17.5. The van der Waals surface area contributed by atoms with E-state index >= 15 is 0 Å². The van der Waals surface area contributed by atoms with Gasteiger partial charge in [-0.05, 0) is 103 Å². The minimum Gasteiger partial charge on any atom is -0.494 e. The van der Waals surface area contributed by atoms with Crippen molar-refractivity contribution in [2.45, 2.75) is 116 Å². The van der Waals surface area contributed by atoms with Crippen LogP contribution in [0.15, 0.2) is 61.2 Å². The smallest absolute Gasteiger partial charge is 0.272 e. The Morgan fingerprint density at radius 1 is 0.877 bits per heavy atom. The molecule has 0 bridgehead atoms. The molecule has 0 aliphatic carbocycles. The highest BCUT2D eigenvalue weighted by molar-refractivity contribution is 5.96. The van der Waals surface area contributed by atoms with Crippen molar-refractivity contribution in [2.75, 3.05) is 39.8 Å². The van der Waals surface area contributed by atoms with Crippen LogP contribution in [0.4, 0.5) is 5.69 Å². The third-order valence-electron chi connectivity index (χ3n) is 10.8. The van der Waals surface area contributed by atoms with Crippen LogP contribution in [-0.4, -0.2) is 78.8 Å². The van der Waals surface area contributed by atoms with Gasteiger partial charge in [0.1, 0.15) is 17.3 Å². The summed E-state index contributed by atoms with van der Waals surface area (Å²) in [4.78, 5) is 78.1. The van der Waals surface area contributed by atoms with Crippen molar-refractivity contribution in [3.05, 3.63) is 82.4 Å². The second-order valence-corrected chi connectivity index (χ2v) is 15.3. The lowest BCUT2D eigenvalue weighted by Gasteiger charge is -2.28. The van der Waals surface area contributed by atoms with Crippen LogP contribution in [0.3, 0.4) is 0 Å². The number of likely N-dealkylation sites (tertiary alicyclic amines) is 1. The SMILES string of the molecule is C=CCNC(=O)CC(CC(=O)CCCCCCC(=O)C(CCCCNC(=O)C1CCN(C)CC1)CCCC(=O)c1ccc(OCC)cc1)c1ccccc1[N+](=O)[O-]. The van der Waals surface area contributed by atoms with Gasteiger partial charge in [-0.15, -0.1) is 6.58 Å². The summed E-state index contributed by atoms with van der Waals surface area (Å²) in [6, 6.07) is 13.4. The lowest BCUT2D eigenvalue weighted by molar-refractivity contribution is -0.385. The van der Waals surface area contributed by atoms with Crippen LogP contribution in [0.25, 0.3) is 0 Å². The zero-order valence-corrected chi connectivity index (χ0v) is 34.1. The van der Waals surface area contributed by atoms with E-state index in [1.807, 2.05) is 6.92 Å². The Bertz CT molecular complexity index is 1600. The highest BCUT2D eigenvalue weighted by Crippen LogP contribution is 2.32.